The van der Waals surface area contributed by atoms with Crippen molar-refractivity contribution < 1.29 is 9.13 Å². The standard InChI is InChI=1S/C13H24FNO/c1-2-13(14,10-15)11-5-8-16-12(9-11)6-3-4-7-12/h11H,2-10,15H2,1H3. The highest BCUT2D eigenvalue weighted by atomic mass is 19.1. The van der Waals surface area contributed by atoms with Gasteiger partial charge in [0.15, 0.2) is 0 Å². The number of halogens is 1. The molecule has 1 saturated carbocycles. The molecule has 2 unspecified atom stereocenters. The molecular formula is C13H24FNO. The van der Waals surface area contributed by atoms with Crippen LogP contribution in [0.25, 0.3) is 0 Å². The van der Waals surface area contributed by atoms with E-state index in [1.807, 2.05) is 6.92 Å². The Morgan fingerprint density at radius 1 is 1.44 bits per heavy atom. The molecule has 0 bridgehead atoms. The Balaban J connectivity index is 2.06. The summed E-state index contributed by atoms with van der Waals surface area (Å²) in [6.07, 6.45) is 6.96. The van der Waals surface area contributed by atoms with Gasteiger partial charge in [0.1, 0.15) is 5.67 Å². The predicted octanol–water partition coefficient (Wildman–Crippen LogP) is 2.80. The molecule has 0 aromatic heterocycles. The van der Waals surface area contributed by atoms with Gasteiger partial charge in [0.2, 0.25) is 0 Å². The summed E-state index contributed by atoms with van der Waals surface area (Å²) in [4.78, 5) is 0. The maximum atomic E-state index is 14.6. The third kappa shape index (κ3) is 2.12. The van der Waals surface area contributed by atoms with Gasteiger partial charge in [0.25, 0.3) is 0 Å². The number of ether oxygens (including phenoxy) is 1. The smallest absolute Gasteiger partial charge is 0.125 e. The molecule has 0 aromatic rings. The van der Waals surface area contributed by atoms with Crippen molar-refractivity contribution in [2.45, 2.75) is 63.1 Å². The van der Waals surface area contributed by atoms with Crippen molar-refractivity contribution >= 4 is 0 Å². The Labute approximate surface area is 97.7 Å². The molecule has 0 radical (unpaired) electrons. The molecule has 94 valence electrons. The second-order valence-corrected chi connectivity index (χ2v) is 5.52. The minimum atomic E-state index is -1.17. The van der Waals surface area contributed by atoms with Crippen molar-refractivity contribution in [3.8, 4) is 0 Å². The Kier molecular flexibility index (Phi) is 3.55. The van der Waals surface area contributed by atoms with Crippen LogP contribution in [0.1, 0.15) is 51.9 Å². The molecule has 1 aliphatic carbocycles. The first-order chi connectivity index (χ1) is 7.64. The molecule has 2 aliphatic rings. The lowest BCUT2D eigenvalue weighted by Crippen LogP contribution is -2.48. The quantitative estimate of drug-likeness (QED) is 0.807. The SMILES string of the molecule is CCC(F)(CN)C1CCOC2(CCCC2)C1. The van der Waals surface area contributed by atoms with Gasteiger partial charge in [0.05, 0.1) is 5.60 Å². The van der Waals surface area contributed by atoms with Crippen LogP contribution < -0.4 is 5.73 Å². The fourth-order valence-corrected chi connectivity index (χ4v) is 3.44. The molecule has 16 heavy (non-hydrogen) atoms. The minimum absolute atomic E-state index is 0.00456. The normalized spacial score (nSPS) is 32.8. The zero-order valence-electron chi connectivity index (χ0n) is 10.3. The van der Waals surface area contributed by atoms with Crippen molar-refractivity contribution in [1.29, 1.82) is 0 Å². The maximum absolute atomic E-state index is 14.6. The molecule has 2 nitrogen and oxygen atoms in total. The van der Waals surface area contributed by atoms with Crippen LogP contribution in [0.5, 0.6) is 0 Å². The van der Waals surface area contributed by atoms with Gasteiger partial charge >= 0.3 is 0 Å². The molecule has 2 N–H and O–H groups in total. The highest BCUT2D eigenvalue weighted by molar-refractivity contribution is 4.98. The van der Waals surface area contributed by atoms with Crippen molar-refractivity contribution in [1.82, 2.24) is 0 Å². The van der Waals surface area contributed by atoms with Gasteiger partial charge in [0, 0.05) is 13.2 Å². The molecule has 1 saturated heterocycles. The van der Waals surface area contributed by atoms with E-state index < -0.39 is 5.67 Å². The zero-order valence-corrected chi connectivity index (χ0v) is 10.3. The van der Waals surface area contributed by atoms with E-state index in [0.717, 1.165) is 32.3 Å². The maximum Gasteiger partial charge on any atom is 0.125 e. The lowest BCUT2D eigenvalue weighted by Gasteiger charge is -2.43. The number of rotatable bonds is 3. The second-order valence-electron chi connectivity index (χ2n) is 5.52. The molecular weight excluding hydrogens is 205 g/mol. The van der Waals surface area contributed by atoms with Crippen LogP contribution in [-0.4, -0.2) is 24.4 Å². The number of alkyl halides is 1. The summed E-state index contributed by atoms with van der Waals surface area (Å²) in [6.45, 7) is 2.78. The zero-order chi connectivity index (χ0) is 11.6. The second kappa shape index (κ2) is 4.61. The average molecular weight is 229 g/mol. The number of hydrogen-bond acceptors (Lipinski definition) is 2. The van der Waals surface area contributed by atoms with Crippen LogP contribution >= 0.6 is 0 Å². The summed E-state index contributed by atoms with van der Waals surface area (Å²) in [5.74, 6) is 0.106. The van der Waals surface area contributed by atoms with Crippen molar-refractivity contribution in [3.63, 3.8) is 0 Å². The van der Waals surface area contributed by atoms with Crippen LogP contribution in [0.3, 0.4) is 0 Å². The van der Waals surface area contributed by atoms with Gasteiger partial charge in [-0.25, -0.2) is 4.39 Å². The van der Waals surface area contributed by atoms with E-state index in [0.29, 0.717) is 6.42 Å². The predicted molar refractivity (Wildman–Crippen MR) is 63.1 cm³/mol. The number of hydrogen-bond donors (Lipinski definition) is 1. The first-order valence-electron chi connectivity index (χ1n) is 6.67. The van der Waals surface area contributed by atoms with Crippen molar-refractivity contribution in [2.75, 3.05) is 13.2 Å². The van der Waals surface area contributed by atoms with Crippen molar-refractivity contribution in [2.24, 2.45) is 11.7 Å². The monoisotopic (exact) mass is 229 g/mol. The average Bonchev–Trinajstić information content (AvgIpc) is 2.76. The first-order valence-corrected chi connectivity index (χ1v) is 6.67. The number of nitrogens with two attached hydrogens (primary N) is 1. The molecule has 2 atom stereocenters. The van der Waals surface area contributed by atoms with E-state index >= 15 is 0 Å². The van der Waals surface area contributed by atoms with E-state index in [1.165, 1.54) is 12.8 Å². The van der Waals surface area contributed by atoms with E-state index in [1.54, 1.807) is 0 Å². The summed E-state index contributed by atoms with van der Waals surface area (Å²) in [7, 11) is 0. The van der Waals surface area contributed by atoms with E-state index in [-0.39, 0.29) is 18.1 Å². The Hall–Kier alpha value is -0.150. The minimum Gasteiger partial charge on any atom is -0.375 e. The Morgan fingerprint density at radius 2 is 2.12 bits per heavy atom. The summed E-state index contributed by atoms with van der Waals surface area (Å²) >= 11 is 0. The molecule has 0 aromatic carbocycles. The molecule has 2 rings (SSSR count). The van der Waals surface area contributed by atoms with E-state index in [9.17, 15) is 4.39 Å². The van der Waals surface area contributed by atoms with Gasteiger partial charge in [-0.1, -0.05) is 19.8 Å². The summed E-state index contributed by atoms with van der Waals surface area (Å²) in [5.41, 5.74) is 4.46. The largest absolute Gasteiger partial charge is 0.375 e. The molecule has 1 aliphatic heterocycles. The van der Waals surface area contributed by atoms with E-state index in [2.05, 4.69) is 0 Å². The van der Waals surface area contributed by atoms with Gasteiger partial charge < -0.3 is 10.5 Å². The van der Waals surface area contributed by atoms with Gasteiger partial charge in [-0.2, -0.15) is 0 Å². The molecule has 1 spiro atoms. The summed E-state index contributed by atoms with van der Waals surface area (Å²) < 4.78 is 20.5. The van der Waals surface area contributed by atoms with Gasteiger partial charge in [-0.15, -0.1) is 0 Å². The van der Waals surface area contributed by atoms with Crippen LogP contribution in [-0.2, 0) is 4.74 Å². The van der Waals surface area contributed by atoms with Crippen molar-refractivity contribution in [3.05, 3.63) is 0 Å². The highest BCUT2D eigenvalue weighted by Crippen LogP contribution is 2.46. The van der Waals surface area contributed by atoms with Gasteiger partial charge in [-0.3, -0.25) is 0 Å². The third-order valence-corrected chi connectivity index (χ3v) is 4.67. The van der Waals surface area contributed by atoms with Crippen LogP contribution in [0.4, 0.5) is 4.39 Å². The molecule has 3 heteroatoms. The highest BCUT2D eigenvalue weighted by Gasteiger charge is 2.46. The summed E-state index contributed by atoms with van der Waals surface area (Å²) in [6, 6.07) is 0. The molecule has 0 amide bonds. The lowest BCUT2D eigenvalue weighted by molar-refractivity contribution is -0.120. The van der Waals surface area contributed by atoms with Gasteiger partial charge in [-0.05, 0) is 38.0 Å². The van der Waals surface area contributed by atoms with E-state index in [4.69, 9.17) is 10.5 Å². The Morgan fingerprint density at radius 3 is 2.69 bits per heavy atom. The molecule has 1 heterocycles. The topological polar surface area (TPSA) is 35.2 Å². The third-order valence-electron chi connectivity index (χ3n) is 4.67. The summed E-state index contributed by atoms with van der Waals surface area (Å²) in [5, 5.41) is 0. The first kappa shape index (κ1) is 12.3. The fraction of sp³-hybridized carbons (Fsp3) is 1.00. The van der Waals surface area contributed by atoms with Crippen LogP contribution in [0.2, 0.25) is 0 Å². The molecule has 2 fully saturated rings. The fourth-order valence-electron chi connectivity index (χ4n) is 3.44. The lowest BCUT2D eigenvalue weighted by atomic mass is 9.75. The van der Waals surface area contributed by atoms with Crippen LogP contribution in [0.15, 0.2) is 0 Å². The van der Waals surface area contributed by atoms with Crippen LogP contribution in [0, 0.1) is 5.92 Å². The Bertz CT molecular complexity index is 234.